The van der Waals surface area contributed by atoms with Crippen LogP contribution in [0.2, 0.25) is 18.1 Å². The zero-order valence-corrected chi connectivity index (χ0v) is 23.7. The smallest absolute Gasteiger partial charge is 0.456 e. The van der Waals surface area contributed by atoms with E-state index in [-0.39, 0.29) is 0 Å². The van der Waals surface area contributed by atoms with Gasteiger partial charge in [-0.15, -0.1) is 0 Å². The van der Waals surface area contributed by atoms with Gasteiger partial charge >= 0.3 is 12.1 Å². The molecule has 0 spiro atoms. The van der Waals surface area contributed by atoms with E-state index in [1.54, 1.807) is 18.1 Å². The highest BCUT2D eigenvalue weighted by molar-refractivity contribution is 6.58. The summed E-state index contributed by atoms with van der Waals surface area (Å²) >= 11 is 0. The summed E-state index contributed by atoms with van der Waals surface area (Å²) in [4.78, 5) is 0. The van der Waals surface area contributed by atoms with Gasteiger partial charge in [0.05, 0.1) is 0 Å². The van der Waals surface area contributed by atoms with E-state index in [4.69, 9.17) is 0 Å². The molecular formula is C29H43F7OSi. The lowest BCUT2D eigenvalue weighted by Gasteiger charge is -2.37. The largest absolute Gasteiger partial charge is 0.481 e. The molecule has 2 fully saturated rings. The van der Waals surface area contributed by atoms with Gasteiger partial charge in [-0.3, -0.25) is 0 Å². The third-order valence-corrected chi connectivity index (χ3v) is 12.4. The second-order valence-electron chi connectivity index (χ2n) is 11.7. The van der Waals surface area contributed by atoms with Gasteiger partial charge in [-0.1, -0.05) is 82.8 Å². The Morgan fingerprint density at radius 2 is 1.42 bits per heavy atom. The molecule has 0 aromatic heterocycles. The molecule has 2 aliphatic rings. The van der Waals surface area contributed by atoms with Gasteiger partial charge < -0.3 is 4.74 Å². The maximum absolute atomic E-state index is 14.2. The van der Waals surface area contributed by atoms with Gasteiger partial charge in [0.25, 0.3) is 0 Å². The molecule has 1 saturated carbocycles. The number of unbranched alkanes of at least 4 members (excludes halogenated alkanes) is 3. The van der Waals surface area contributed by atoms with Crippen molar-refractivity contribution in [2.75, 3.05) is 6.61 Å². The van der Waals surface area contributed by atoms with Crippen molar-refractivity contribution in [3.8, 4) is 5.75 Å². The van der Waals surface area contributed by atoms with E-state index in [1.807, 2.05) is 0 Å². The molecule has 0 amide bonds. The Bertz CT molecular complexity index is 821. The Hall–Kier alpha value is -1.25. The summed E-state index contributed by atoms with van der Waals surface area (Å²) in [7, 11) is -0.460. The number of halogens is 7. The van der Waals surface area contributed by atoms with Gasteiger partial charge in [0.2, 0.25) is 0 Å². The van der Waals surface area contributed by atoms with Gasteiger partial charge in [-0.2, -0.15) is 22.0 Å². The summed E-state index contributed by atoms with van der Waals surface area (Å²) in [6.45, 7) is 0.102. The zero-order chi connectivity index (χ0) is 27.8. The molecule has 0 radical (unpaired) electrons. The minimum absolute atomic E-state index is 0.340. The first-order valence-corrected chi connectivity index (χ1v) is 17.0. The van der Waals surface area contributed by atoms with Crippen LogP contribution in [0.25, 0.3) is 0 Å². The lowest BCUT2D eigenvalue weighted by Crippen LogP contribution is -2.42. The van der Waals surface area contributed by atoms with Crippen LogP contribution in [0.15, 0.2) is 12.1 Å². The highest BCUT2D eigenvalue weighted by Gasteiger charge is 2.58. The number of hydrogen-bond acceptors (Lipinski definition) is 1. The average molecular weight is 569 g/mol. The molecular weight excluding hydrogens is 525 g/mol. The van der Waals surface area contributed by atoms with Crippen LogP contribution >= 0.6 is 0 Å². The third-order valence-electron chi connectivity index (χ3n) is 8.86. The van der Waals surface area contributed by atoms with Gasteiger partial charge in [0, 0.05) is 8.80 Å². The average Bonchev–Trinajstić information content (AvgIpc) is 2.86. The van der Waals surface area contributed by atoms with Crippen molar-refractivity contribution in [2.24, 2.45) is 17.8 Å². The van der Waals surface area contributed by atoms with E-state index >= 15 is 0 Å². The van der Waals surface area contributed by atoms with Crippen molar-refractivity contribution in [1.29, 1.82) is 0 Å². The van der Waals surface area contributed by atoms with Gasteiger partial charge in [0.15, 0.2) is 24.0 Å². The van der Waals surface area contributed by atoms with E-state index in [0.29, 0.717) is 17.9 Å². The van der Waals surface area contributed by atoms with Crippen molar-refractivity contribution in [3.63, 3.8) is 0 Å². The number of rotatable bonds is 13. The summed E-state index contributed by atoms with van der Waals surface area (Å²) in [6, 6.07) is 6.55. The van der Waals surface area contributed by atoms with Crippen LogP contribution < -0.4 is 4.74 Å². The fourth-order valence-electron chi connectivity index (χ4n) is 6.48. The summed E-state index contributed by atoms with van der Waals surface area (Å²) in [5.74, 6) is -6.42. The molecule has 0 bridgehead atoms. The maximum Gasteiger partial charge on any atom is 0.456 e. The molecule has 0 N–H and O–H groups in total. The van der Waals surface area contributed by atoms with E-state index in [2.05, 4.69) is 11.7 Å². The normalized spacial score (nSPS) is 24.9. The first-order valence-electron chi connectivity index (χ1n) is 14.6. The first-order chi connectivity index (χ1) is 18.0. The highest BCUT2D eigenvalue weighted by Crippen LogP contribution is 2.42. The van der Waals surface area contributed by atoms with Gasteiger partial charge in [-0.05, 0) is 61.1 Å². The molecule has 38 heavy (non-hydrogen) atoms. The predicted octanol–water partition coefficient (Wildman–Crippen LogP) is 9.89. The Labute approximate surface area is 224 Å². The van der Waals surface area contributed by atoms with Gasteiger partial charge in [-0.25, -0.2) is 8.78 Å². The maximum atomic E-state index is 14.2. The Balaban J connectivity index is 1.33. The van der Waals surface area contributed by atoms with Crippen LogP contribution in [0.1, 0.15) is 89.5 Å². The summed E-state index contributed by atoms with van der Waals surface area (Å²) in [6.07, 6.45) is 9.54. The van der Waals surface area contributed by atoms with Crippen molar-refractivity contribution >= 4 is 8.80 Å². The zero-order valence-electron chi connectivity index (χ0n) is 22.5. The summed E-state index contributed by atoms with van der Waals surface area (Å²) in [5.41, 5.74) is 0.340. The topological polar surface area (TPSA) is 9.23 Å². The van der Waals surface area contributed by atoms with Crippen LogP contribution in [0, 0.1) is 29.4 Å². The highest BCUT2D eigenvalue weighted by atomic mass is 28.3. The van der Waals surface area contributed by atoms with E-state index < -0.39 is 44.9 Å². The van der Waals surface area contributed by atoms with Crippen molar-refractivity contribution in [3.05, 3.63) is 29.3 Å². The molecule has 0 atom stereocenters. The van der Waals surface area contributed by atoms with E-state index in [9.17, 15) is 30.7 Å². The first kappa shape index (κ1) is 31.3. The minimum atomic E-state index is -5.85. The quantitative estimate of drug-likeness (QED) is 0.131. The monoisotopic (exact) mass is 568 g/mol. The fourth-order valence-corrected chi connectivity index (χ4v) is 10.0. The van der Waals surface area contributed by atoms with Crippen molar-refractivity contribution in [1.82, 2.24) is 0 Å². The fraction of sp³-hybridized carbons (Fsp3) is 0.793. The third kappa shape index (κ3) is 9.15. The molecule has 1 aromatic rings. The van der Waals surface area contributed by atoms with Crippen LogP contribution in [0.5, 0.6) is 5.75 Å². The molecule has 1 heterocycles. The summed E-state index contributed by atoms with van der Waals surface area (Å²) in [5, 5.41) is 0. The molecule has 1 saturated heterocycles. The minimum Gasteiger partial charge on any atom is -0.481 e. The lowest BCUT2D eigenvalue weighted by molar-refractivity contribution is -0.290. The number of ether oxygens (including phenoxy) is 1. The SMILES string of the molecule is CCCCC[Si@H]1CC[C@H]([C@H]2CC[C@H](CCCCc3cc(F)c(OCC(F)(F)C(F)(F)F)c(F)c3)CC2)CC1. The molecule has 1 aliphatic heterocycles. The van der Waals surface area contributed by atoms with Crippen LogP contribution in [-0.2, 0) is 6.42 Å². The van der Waals surface area contributed by atoms with Crippen LogP contribution in [-0.4, -0.2) is 27.5 Å². The van der Waals surface area contributed by atoms with E-state index in [1.165, 1.54) is 57.8 Å². The Morgan fingerprint density at radius 3 is 2.00 bits per heavy atom. The molecule has 1 aliphatic carbocycles. The van der Waals surface area contributed by atoms with Crippen molar-refractivity contribution < 1.29 is 35.5 Å². The van der Waals surface area contributed by atoms with E-state index in [0.717, 1.165) is 43.2 Å². The van der Waals surface area contributed by atoms with Crippen molar-refractivity contribution in [2.45, 2.75) is 121 Å². The lowest BCUT2D eigenvalue weighted by atomic mass is 9.73. The molecule has 218 valence electrons. The number of alkyl halides is 5. The molecule has 3 rings (SSSR count). The number of aryl methyl sites for hydroxylation is 1. The standard InChI is InChI=1S/C29H43F7OSi/c1-2-3-6-15-38-16-13-24(14-17-38)23-11-9-21(10-12-23)7-4-5-8-22-18-25(30)27(26(31)19-22)37-20-28(32,33)29(34,35)36/h18-19,21,23-24,38H,2-17,20H2,1H3/t21-,23-,24-,38-. The van der Waals surface area contributed by atoms with Gasteiger partial charge in [0.1, 0.15) is 0 Å². The molecule has 0 unspecified atom stereocenters. The molecule has 1 aromatic carbocycles. The molecule has 1 nitrogen and oxygen atoms in total. The summed E-state index contributed by atoms with van der Waals surface area (Å²) < 4.78 is 95.3. The Kier molecular flexibility index (Phi) is 11.9. The molecule has 9 heteroatoms. The second kappa shape index (κ2) is 14.4. The Morgan fingerprint density at radius 1 is 0.816 bits per heavy atom. The van der Waals surface area contributed by atoms with Crippen LogP contribution in [0.4, 0.5) is 30.7 Å². The predicted molar refractivity (Wildman–Crippen MR) is 140 cm³/mol. The second-order valence-corrected chi connectivity index (χ2v) is 15.1. The number of benzene rings is 1. The number of hydrogen-bond donors (Lipinski definition) is 0. The van der Waals surface area contributed by atoms with Crippen LogP contribution in [0.3, 0.4) is 0 Å².